The van der Waals surface area contributed by atoms with Gasteiger partial charge < -0.3 is 20.1 Å². The number of hydrogen-bond acceptors (Lipinski definition) is 3. The Bertz CT molecular complexity index is 498. The van der Waals surface area contributed by atoms with Crippen LogP contribution in [0.25, 0.3) is 0 Å². The van der Waals surface area contributed by atoms with Crippen LogP contribution in [0.2, 0.25) is 0 Å². The number of nitrogens with one attached hydrogen (secondary N) is 1. The molecule has 0 aliphatic carbocycles. The third-order valence-electron chi connectivity index (χ3n) is 4.54. The molecule has 5 heteroatoms. The van der Waals surface area contributed by atoms with E-state index in [4.69, 9.17) is 4.74 Å². The van der Waals surface area contributed by atoms with Crippen LogP contribution >= 0.6 is 0 Å². The van der Waals surface area contributed by atoms with Gasteiger partial charge in [0.1, 0.15) is 0 Å². The average Bonchev–Trinajstić information content (AvgIpc) is 2.60. The van der Waals surface area contributed by atoms with Gasteiger partial charge in [0.2, 0.25) is 0 Å². The van der Waals surface area contributed by atoms with Gasteiger partial charge in [-0.15, -0.1) is 0 Å². The van der Waals surface area contributed by atoms with E-state index < -0.39 is 6.10 Å². The molecule has 1 aliphatic rings. The first-order valence-electron chi connectivity index (χ1n) is 8.99. The highest BCUT2D eigenvalue weighted by molar-refractivity contribution is 5.74. The predicted molar refractivity (Wildman–Crippen MR) is 95.0 cm³/mol. The quantitative estimate of drug-likeness (QED) is 0.806. The van der Waals surface area contributed by atoms with Crippen molar-refractivity contribution >= 4 is 6.03 Å². The fraction of sp³-hybridized carbons (Fsp3) is 0.632. The summed E-state index contributed by atoms with van der Waals surface area (Å²) in [7, 11) is 0. The molecule has 2 atom stereocenters. The normalized spacial score (nSPS) is 18.9. The van der Waals surface area contributed by atoms with Crippen LogP contribution in [0, 0.1) is 6.92 Å². The van der Waals surface area contributed by atoms with Crippen molar-refractivity contribution in [3.63, 3.8) is 0 Å². The third kappa shape index (κ3) is 5.80. The number of aliphatic hydroxyl groups is 1. The van der Waals surface area contributed by atoms with Crippen LogP contribution in [0.15, 0.2) is 24.3 Å². The number of likely N-dealkylation sites (N-methyl/N-ethyl adjacent to an activating group) is 1. The number of hydrogen-bond donors (Lipinski definition) is 2. The molecular formula is C19H30N2O3. The first-order valence-corrected chi connectivity index (χ1v) is 8.99. The zero-order valence-electron chi connectivity index (χ0n) is 14.8. The summed E-state index contributed by atoms with van der Waals surface area (Å²) in [5.41, 5.74) is 1.99. The molecule has 2 unspecified atom stereocenters. The van der Waals surface area contributed by atoms with Crippen molar-refractivity contribution in [2.45, 2.75) is 51.7 Å². The number of aliphatic hydroxyl groups excluding tert-OH is 1. The molecule has 2 amide bonds. The maximum atomic E-state index is 12.3. The van der Waals surface area contributed by atoms with Gasteiger partial charge in [-0.2, -0.15) is 0 Å². The highest BCUT2D eigenvalue weighted by Gasteiger charge is 2.18. The molecule has 0 aromatic heterocycles. The van der Waals surface area contributed by atoms with E-state index in [1.54, 1.807) is 4.90 Å². The number of carbonyl (C=O) groups excluding carboxylic acids is 1. The zero-order valence-corrected chi connectivity index (χ0v) is 14.8. The van der Waals surface area contributed by atoms with Crippen molar-refractivity contribution in [1.29, 1.82) is 0 Å². The summed E-state index contributed by atoms with van der Waals surface area (Å²) in [5.74, 6) is 0. The number of aryl methyl sites for hydroxylation is 1. The number of amides is 2. The highest BCUT2D eigenvalue weighted by atomic mass is 16.5. The molecular weight excluding hydrogens is 304 g/mol. The number of nitrogens with zero attached hydrogens (tertiary/aromatic N) is 1. The Morgan fingerprint density at radius 1 is 1.38 bits per heavy atom. The maximum Gasteiger partial charge on any atom is 0.317 e. The van der Waals surface area contributed by atoms with Crippen LogP contribution in [0.5, 0.6) is 0 Å². The Morgan fingerprint density at radius 3 is 2.75 bits per heavy atom. The Kier molecular flexibility index (Phi) is 7.53. The van der Waals surface area contributed by atoms with Crippen molar-refractivity contribution in [2.75, 3.05) is 26.2 Å². The van der Waals surface area contributed by atoms with Crippen molar-refractivity contribution in [3.05, 3.63) is 35.4 Å². The van der Waals surface area contributed by atoms with Crippen LogP contribution in [-0.2, 0) is 4.74 Å². The maximum absolute atomic E-state index is 12.3. The number of ether oxygens (including phenoxy) is 1. The van der Waals surface area contributed by atoms with E-state index in [9.17, 15) is 9.90 Å². The lowest BCUT2D eigenvalue weighted by Gasteiger charge is -2.26. The van der Waals surface area contributed by atoms with E-state index in [1.165, 1.54) is 6.42 Å². The molecule has 1 saturated heterocycles. The summed E-state index contributed by atoms with van der Waals surface area (Å²) in [4.78, 5) is 13.9. The topological polar surface area (TPSA) is 61.8 Å². The van der Waals surface area contributed by atoms with E-state index in [0.717, 1.165) is 37.0 Å². The van der Waals surface area contributed by atoms with E-state index >= 15 is 0 Å². The molecule has 1 aromatic rings. The molecule has 1 aliphatic heterocycles. The second-order valence-corrected chi connectivity index (χ2v) is 6.47. The minimum Gasteiger partial charge on any atom is -0.387 e. The molecule has 0 saturated carbocycles. The van der Waals surface area contributed by atoms with Crippen LogP contribution < -0.4 is 5.32 Å². The van der Waals surface area contributed by atoms with Gasteiger partial charge in [-0.3, -0.25) is 0 Å². The lowest BCUT2D eigenvalue weighted by atomic mass is 10.1. The van der Waals surface area contributed by atoms with Crippen LogP contribution in [0.4, 0.5) is 4.79 Å². The summed E-state index contributed by atoms with van der Waals surface area (Å²) in [6.45, 7) is 6.24. The number of urea groups is 1. The molecule has 0 radical (unpaired) electrons. The summed E-state index contributed by atoms with van der Waals surface area (Å²) >= 11 is 0. The lowest BCUT2D eigenvalue weighted by Crippen LogP contribution is -2.43. The minimum atomic E-state index is -0.669. The van der Waals surface area contributed by atoms with Gasteiger partial charge in [-0.05, 0) is 45.1 Å². The van der Waals surface area contributed by atoms with Crippen molar-refractivity contribution in [3.8, 4) is 0 Å². The first-order chi connectivity index (χ1) is 11.6. The van der Waals surface area contributed by atoms with Gasteiger partial charge in [0.15, 0.2) is 0 Å². The van der Waals surface area contributed by atoms with Gasteiger partial charge in [0.25, 0.3) is 0 Å². The van der Waals surface area contributed by atoms with Crippen LogP contribution in [0.1, 0.15) is 49.8 Å². The molecule has 134 valence electrons. The Hall–Kier alpha value is -1.59. The summed E-state index contributed by atoms with van der Waals surface area (Å²) in [6, 6.07) is 7.63. The van der Waals surface area contributed by atoms with Crippen molar-refractivity contribution < 1.29 is 14.6 Å². The summed E-state index contributed by atoms with van der Waals surface area (Å²) in [6.07, 6.45) is 3.89. The lowest BCUT2D eigenvalue weighted by molar-refractivity contribution is 0.0117. The van der Waals surface area contributed by atoms with Crippen LogP contribution in [-0.4, -0.2) is 48.4 Å². The molecule has 5 nitrogen and oxygen atoms in total. The van der Waals surface area contributed by atoms with E-state index in [1.807, 2.05) is 38.1 Å². The average molecular weight is 334 g/mol. The van der Waals surface area contributed by atoms with Gasteiger partial charge in [0.05, 0.1) is 18.8 Å². The number of benzene rings is 1. The highest BCUT2D eigenvalue weighted by Crippen LogP contribution is 2.16. The monoisotopic (exact) mass is 334 g/mol. The SMILES string of the molecule is CCN(CC(O)c1ccc(C)cc1)C(=O)NCCC1CCCCO1. The molecule has 2 rings (SSSR count). The van der Waals surface area contributed by atoms with Crippen LogP contribution in [0.3, 0.4) is 0 Å². The third-order valence-corrected chi connectivity index (χ3v) is 4.54. The molecule has 1 heterocycles. The Balaban J connectivity index is 1.76. The number of rotatable bonds is 7. The predicted octanol–water partition coefficient (Wildman–Crippen LogP) is 3.02. The second kappa shape index (κ2) is 9.64. The minimum absolute atomic E-state index is 0.125. The smallest absolute Gasteiger partial charge is 0.317 e. The fourth-order valence-corrected chi connectivity index (χ4v) is 2.95. The standard InChI is InChI=1S/C19H30N2O3/c1-3-21(14-18(22)16-9-7-15(2)8-10-16)19(23)20-12-11-17-6-4-5-13-24-17/h7-10,17-18,22H,3-6,11-14H2,1-2H3,(H,20,23). The van der Waals surface area contributed by atoms with E-state index in [2.05, 4.69) is 5.32 Å². The van der Waals surface area contributed by atoms with Gasteiger partial charge in [-0.1, -0.05) is 29.8 Å². The fourth-order valence-electron chi connectivity index (χ4n) is 2.95. The van der Waals surface area contributed by atoms with Gasteiger partial charge in [-0.25, -0.2) is 4.79 Å². The largest absolute Gasteiger partial charge is 0.387 e. The number of carbonyl (C=O) groups is 1. The molecule has 1 aromatic carbocycles. The van der Waals surface area contributed by atoms with Crippen molar-refractivity contribution in [2.24, 2.45) is 0 Å². The molecule has 2 N–H and O–H groups in total. The molecule has 0 spiro atoms. The Labute approximate surface area is 145 Å². The molecule has 1 fully saturated rings. The first kappa shape index (κ1) is 18.7. The second-order valence-electron chi connectivity index (χ2n) is 6.47. The van der Waals surface area contributed by atoms with Crippen molar-refractivity contribution in [1.82, 2.24) is 10.2 Å². The van der Waals surface area contributed by atoms with Gasteiger partial charge >= 0.3 is 6.03 Å². The zero-order chi connectivity index (χ0) is 17.4. The summed E-state index contributed by atoms with van der Waals surface area (Å²) in [5, 5.41) is 13.3. The van der Waals surface area contributed by atoms with E-state index in [0.29, 0.717) is 19.6 Å². The molecule has 0 bridgehead atoms. The Morgan fingerprint density at radius 2 is 2.12 bits per heavy atom. The molecule has 24 heavy (non-hydrogen) atoms. The van der Waals surface area contributed by atoms with Gasteiger partial charge in [0, 0.05) is 19.7 Å². The summed E-state index contributed by atoms with van der Waals surface area (Å²) < 4.78 is 5.67. The van der Waals surface area contributed by atoms with E-state index in [-0.39, 0.29) is 12.1 Å².